The van der Waals surface area contributed by atoms with Crippen molar-refractivity contribution < 1.29 is 14.3 Å². The van der Waals surface area contributed by atoms with E-state index in [1.807, 2.05) is 6.92 Å². The molecule has 0 amide bonds. The van der Waals surface area contributed by atoms with E-state index in [1.54, 1.807) is 12.3 Å². The number of nitrogens with zero attached hydrogens (tertiary/aromatic N) is 1. The normalized spacial score (nSPS) is 9.50. The Bertz CT molecular complexity index is 271. The number of aryl methyl sites for hydroxylation is 1. The summed E-state index contributed by atoms with van der Waals surface area (Å²) in [4.78, 5) is 14.7. The summed E-state index contributed by atoms with van der Waals surface area (Å²) in [5.41, 5.74) is 0. The Balaban J connectivity index is 2.46. The quantitative estimate of drug-likeness (QED) is 0.664. The first-order valence-electron chi connectivity index (χ1n) is 3.49. The van der Waals surface area contributed by atoms with Gasteiger partial charge in [0.15, 0.2) is 0 Å². The zero-order chi connectivity index (χ0) is 8.97. The molecular formula is C7H9NO3S. The van der Waals surface area contributed by atoms with Gasteiger partial charge in [-0.1, -0.05) is 0 Å². The molecule has 5 heteroatoms. The van der Waals surface area contributed by atoms with Gasteiger partial charge in [-0.05, 0) is 13.8 Å². The van der Waals surface area contributed by atoms with Gasteiger partial charge in [0.05, 0.1) is 17.0 Å². The minimum absolute atomic E-state index is 0.302. The van der Waals surface area contributed by atoms with Gasteiger partial charge in [-0.25, -0.2) is 9.78 Å². The summed E-state index contributed by atoms with van der Waals surface area (Å²) in [5, 5.41) is 2.51. The summed E-state index contributed by atoms with van der Waals surface area (Å²) in [5.74, 6) is 0.302. The summed E-state index contributed by atoms with van der Waals surface area (Å²) in [7, 11) is 0. The van der Waals surface area contributed by atoms with Crippen LogP contribution in [0.3, 0.4) is 0 Å². The van der Waals surface area contributed by atoms with Crippen LogP contribution in [-0.4, -0.2) is 17.7 Å². The Kier molecular flexibility index (Phi) is 3.04. The molecule has 0 aliphatic heterocycles. The van der Waals surface area contributed by atoms with Gasteiger partial charge in [-0.2, -0.15) is 0 Å². The van der Waals surface area contributed by atoms with Crippen LogP contribution in [-0.2, 0) is 4.74 Å². The average Bonchev–Trinajstić information content (AvgIpc) is 2.36. The molecule has 1 aromatic rings. The average molecular weight is 187 g/mol. The summed E-state index contributed by atoms with van der Waals surface area (Å²) < 4.78 is 9.27. The third-order valence-electron chi connectivity index (χ3n) is 1.05. The van der Waals surface area contributed by atoms with Crippen LogP contribution in [0, 0.1) is 6.92 Å². The van der Waals surface area contributed by atoms with Gasteiger partial charge in [-0.3, -0.25) is 0 Å². The molecule has 0 N–H and O–H groups in total. The molecule has 0 aliphatic carbocycles. The van der Waals surface area contributed by atoms with Crippen molar-refractivity contribution in [3.63, 3.8) is 0 Å². The van der Waals surface area contributed by atoms with Crippen molar-refractivity contribution >= 4 is 17.5 Å². The largest absolute Gasteiger partial charge is 0.515 e. The van der Waals surface area contributed by atoms with E-state index < -0.39 is 6.16 Å². The van der Waals surface area contributed by atoms with Gasteiger partial charge >= 0.3 is 6.16 Å². The minimum Gasteiger partial charge on any atom is -0.434 e. The topological polar surface area (TPSA) is 48.4 Å². The first kappa shape index (κ1) is 8.99. The Labute approximate surface area is 74.1 Å². The van der Waals surface area contributed by atoms with Crippen LogP contribution >= 0.6 is 11.3 Å². The number of carbonyl (C=O) groups is 1. The third kappa shape index (κ3) is 2.50. The summed E-state index contributed by atoms with van der Waals surface area (Å²) in [6.07, 6.45) is -0.706. The lowest BCUT2D eigenvalue weighted by molar-refractivity contribution is 0.103. The SMILES string of the molecule is CCOC(=O)Oc1csc(C)n1. The van der Waals surface area contributed by atoms with E-state index in [9.17, 15) is 4.79 Å². The van der Waals surface area contributed by atoms with E-state index in [0.29, 0.717) is 12.5 Å². The van der Waals surface area contributed by atoms with Crippen molar-refractivity contribution in [1.82, 2.24) is 4.98 Å². The Morgan fingerprint density at radius 1 is 1.75 bits per heavy atom. The molecule has 0 aromatic carbocycles. The first-order chi connectivity index (χ1) is 5.72. The molecule has 0 atom stereocenters. The second-order valence-electron chi connectivity index (χ2n) is 1.99. The number of rotatable bonds is 2. The lowest BCUT2D eigenvalue weighted by atomic mass is 10.8. The van der Waals surface area contributed by atoms with Crippen molar-refractivity contribution in [2.45, 2.75) is 13.8 Å². The highest BCUT2D eigenvalue weighted by Crippen LogP contribution is 2.15. The van der Waals surface area contributed by atoms with E-state index in [1.165, 1.54) is 11.3 Å². The number of thiazole rings is 1. The predicted octanol–water partition coefficient (Wildman–Crippen LogP) is 1.99. The molecule has 0 aliphatic rings. The maximum atomic E-state index is 10.7. The predicted molar refractivity (Wildman–Crippen MR) is 44.5 cm³/mol. The van der Waals surface area contributed by atoms with Gasteiger partial charge < -0.3 is 9.47 Å². The van der Waals surface area contributed by atoms with Crippen molar-refractivity contribution in [3.8, 4) is 5.88 Å². The smallest absolute Gasteiger partial charge is 0.434 e. The summed E-state index contributed by atoms with van der Waals surface area (Å²) >= 11 is 1.42. The first-order valence-corrected chi connectivity index (χ1v) is 4.37. The Hall–Kier alpha value is -1.10. The molecular weight excluding hydrogens is 178 g/mol. The lowest BCUT2D eigenvalue weighted by Gasteiger charge is -1.98. The van der Waals surface area contributed by atoms with Crippen LogP contribution in [0.5, 0.6) is 5.88 Å². The van der Waals surface area contributed by atoms with Crippen LogP contribution < -0.4 is 4.74 Å². The van der Waals surface area contributed by atoms with E-state index in [4.69, 9.17) is 4.74 Å². The van der Waals surface area contributed by atoms with Crippen LogP contribution in [0.25, 0.3) is 0 Å². The van der Waals surface area contributed by atoms with Crippen molar-refractivity contribution in [2.75, 3.05) is 6.61 Å². The lowest BCUT2D eigenvalue weighted by Crippen LogP contribution is -2.10. The fraction of sp³-hybridized carbons (Fsp3) is 0.429. The molecule has 0 saturated carbocycles. The highest BCUT2D eigenvalue weighted by Gasteiger charge is 2.06. The number of carbonyl (C=O) groups excluding carboxylic acids is 1. The fourth-order valence-electron chi connectivity index (χ4n) is 0.623. The van der Waals surface area contributed by atoms with Crippen LogP contribution in [0.1, 0.15) is 11.9 Å². The van der Waals surface area contributed by atoms with E-state index >= 15 is 0 Å². The maximum absolute atomic E-state index is 10.7. The molecule has 12 heavy (non-hydrogen) atoms. The second kappa shape index (κ2) is 4.06. The molecule has 0 spiro atoms. The molecule has 0 unspecified atom stereocenters. The molecule has 1 heterocycles. The summed E-state index contributed by atoms with van der Waals surface area (Å²) in [6, 6.07) is 0. The van der Waals surface area contributed by atoms with E-state index in [-0.39, 0.29) is 0 Å². The monoisotopic (exact) mass is 187 g/mol. The second-order valence-corrected chi connectivity index (χ2v) is 3.05. The highest BCUT2D eigenvalue weighted by atomic mass is 32.1. The number of aromatic nitrogens is 1. The van der Waals surface area contributed by atoms with Gasteiger partial charge in [0.1, 0.15) is 0 Å². The molecule has 66 valence electrons. The standard InChI is InChI=1S/C7H9NO3S/c1-3-10-7(9)11-6-4-12-5(2)8-6/h4H,3H2,1-2H3. The van der Waals surface area contributed by atoms with Crippen molar-refractivity contribution in [1.29, 1.82) is 0 Å². The Morgan fingerprint density at radius 2 is 2.50 bits per heavy atom. The van der Waals surface area contributed by atoms with Gasteiger partial charge in [0.2, 0.25) is 5.88 Å². The van der Waals surface area contributed by atoms with Crippen LogP contribution in [0.2, 0.25) is 0 Å². The van der Waals surface area contributed by atoms with E-state index in [0.717, 1.165) is 5.01 Å². The highest BCUT2D eigenvalue weighted by molar-refractivity contribution is 7.09. The van der Waals surface area contributed by atoms with Gasteiger partial charge in [-0.15, -0.1) is 11.3 Å². The molecule has 0 bridgehead atoms. The molecule has 0 radical (unpaired) electrons. The molecule has 0 fully saturated rings. The maximum Gasteiger partial charge on any atom is 0.515 e. The van der Waals surface area contributed by atoms with Gasteiger partial charge in [0, 0.05) is 0 Å². The molecule has 4 nitrogen and oxygen atoms in total. The molecule has 1 rings (SSSR count). The fourth-order valence-corrected chi connectivity index (χ4v) is 1.14. The number of ether oxygens (including phenoxy) is 2. The summed E-state index contributed by atoms with van der Waals surface area (Å²) in [6.45, 7) is 3.86. The van der Waals surface area contributed by atoms with Crippen molar-refractivity contribution in [3.05, 3.63) is 10.4 Å². The van der Waals surface area contributed by atoms with Crippen molar-refractivity contribution in [2.24, 2.45) is 0 Å². The Morgan fingerprint density at radius 3 is 3.00 bits per heavy atom. The van der Waals surface area contributed by atoms with Crippen LogP contribution in [0.15, 0.2) is 5.38 Å². The molecule has 1 aromatic heterocycles. The molecule has 0 saturated heterocycles. The minimum atomic E-state index is -0.706. The van der Waals surface area contributed by atoms with Crippen LogP contribution in [0.4, 0.5) is 4.79 Å². The third-order valence-corrected chi connectivity index (χ3v) is 1.80. The zero-order valence-electron chi connectivity index (χ0n) is 6.86. The zero-order valence-corrected chi connectivity index (χ0v) is 7.68. The van der Waals surface area contributed by atoms with Gasteiger partial charge in [0.25, 0.3) is 0 Å². The van der Waals surface area contributed by atoms with E-state index in [2.05, 4.69) is 9.72 Å². The number of hydrogen-bond donors (Lipinski definition) is 0. The number of hydrogen-bond acceptors (Lipinski definition) is 5.